The van der Waals surface area contributed by atoms with Crippen molar-refractivity contribution < 1.29 is 25.3 Å². The van der Waals surface area contributed by atoms with Crippen LogP contribution in [0.5, 0.6) is 0 Å². The Bertz CT molecular complexity index is 316. The average molecular weight is 257 g/mol. The van der Waals surface area contributed by atoms with Crippen molar-refractivity contribution >= 4 is 0 Å². The lowest BCUT2D eigenvalue weighted by Crippen LogP contribution is -2.63. The normalized spacial score (nSPS) is 19.2. The molecule has 1 aromatic carbocycles. The van der Waals surface area contributed by atoms with E-state index < -0.39 is 18.7 Å². The SMILES string of the molecule is CC(O)[N+](Cc1ccccc1)(C(C)O)C(C)O.[OH-]. The summed E-state index contributed by atoms with van der Waals surface area (Å²) in [5.74, 6) is 0. The minimum absolute atomic E-state index is 0. The van der Waals surface area contributed by atoms with Crippen molar-refractivity contribution in [3.05, 3.63) is 35.9 Å². The Morgan fingerprint density at radius 3 is 1.61 bits per heavy atom. The number of aliphatic hydroxyl groups is 3. The Labute approximate surface area is 108 Å². The first-order valence-corrected chi connectivity index (χ1v) is 5.86. The van der Waals surface area contributed by atoms with Crippen molar-refractivity contribution in [2.24, 2.45) is 0 Å². The Hall–Kier alpha value is -0.980. The second-order valence-electron chi connectivity index (χ2n) is 4.53. The second-order valence-corrected chi connectivity index (χ2v) is 4.53. The molecule has 0 aromatic heterocycles. The van der Waals surface area contributed by atoms with Gasteiger partial charge >= 0.3 is 0 Å². The minimum Gasteiger partial charge on any atom is -0.870 e. The molecule has 104 valence electrons. The fourth-order valence-electron chi connectivity index (χ4n) is 2.23. The Morgan fingerprint density at radius 2 is 1.28 bits per heavy atom. The summed E-state index contributed by atoms with van der Waals surface area (Å²) in [4.78, 5) is 0. The van der Waals surface area contributed by atoms with Gasteiger partial charge in [0.1, 0.15) is 6.54 Å². The first kappa shape index (κ1) is 17.0. The zero-order valence-corrected chi connectivity index (χ0v) is 11.1. The van der Waals surface area contributed by atoms with E-state index in [0.717, 1.165) is 5.56 Å². The van der Waals surface area contributed by atoms with Crippen molar-refractivity contribution in [2.45, 2.75) is 46.0 Å². The van der Waals surface area contributed by atoms with Crippen LogP contribution in [0.3, 0.4) is 0 Å². The Balaban J connectivity index is 0.00000289. The van der Waals surface area contributed by atoms with Gasteiger partial charge in [0, 0.05) is 26.3 Å². The number of benzene rings is 1. The standard InChI is InChI=1S/C13H22NO3.H2O/c1-10(15)14(11(2)16,12(3)17)9-13-7-5-4-6-8-13;/h4-8,10-12,15-17H,9H2,1-3H3;1H2/q+1;/p-1. The van der Waals surface area contributed by atoms with Crippen LogP contribution in [0.15, 0.2) is 30.3 Å². The highest BCUT2D eigenvalue weighted by Crippen LogP contribution is 2.25. The zero-order chi connectivity index (χ0) is 13.1. The molecule has 0 fully saturated rings. The van der Waals surface area contributed by atoms with E-state index in [4.69, 9.17) is 0 Å². The second kappa shape index (κ2) is 6.82. The molecule has 0 spiro atoms. The molecule has 0 bridgehead atoms. The first-order chi connectivity index (χ1) is 7.91. The van der Waals surface area contributed by atoms with Crippen LogP contribution >= 0.6 is 0 Å². The molecule has 3 atom stereocenters. The van der Waals surface area contributed by atoms with Crippen molar-refractivity contribution in [3.63, 3.8) is 0 Å². The van der Waals surface area contributed by atoms with Gasteiger partial charge in [0.2, 0.25) is 0 Å². The molecule has 0 saturated heterocycles. The summed E-state index contributed by atoms with van der Waals surface area (Å²) in [7, 11) is 0. The van der Waals surface area contributed by atoms with Crippen LogP contribution in [0, 0.1) is 0 Å². The molecule has 5 nitrogen and oxygen atoms in total. The van der Waals surface area contributed by atoms with Crippen molar-refractivity contribution in [2.75, 3.05) is 0 Å². The lowest BCUT2D eigenvalue weighted by Gasteiger charge is -2.45. The van der Waals surface area contributed by atoms with Gasteiger partial charge in [0.05, 0.1) is 0 Å². The van der Waals surface area contributed by atoms with Gasteiger partial charge in [-0.05, 0) is 0 Å². The van der Waals surface area contributed by atoms with E-state index in [1.807, 2.05) is 30.3 Å². The number of quaternary nitrogens is 1. The summed E-state index contributed by atoms with van der Waals surface area (Å²) in [5.41, 5.74) is 0.968. The van der Waals surface area contributed by atoms with Gasteiger partial charge in [0.15, 0.2) is 18.7 Å². The summed E-state index contributed by atoms with van der Waals surface area (Å²) in [5, 5.41) is 29.8. The molecule has 1 aromatic rings. The van der Waals surface area contributed by atoms with E-state index >= 15 is 0 Å². The summed E-state index contributed by atoms with van der Waals surface area (Å²) in [6, 6.07) is 9.54. The molecule has 0 radical (unpaired) electrons. The van der Waals surface area contributed by atoms with E-state index in [2.05, 4.69) is 0 Å². The molecule has 0 saturated carbocycles. The monoisotopic (exact) mass is 257 g/mol. The van der Waals surface area contributed by atoms with Crippen LogP contribution in [0.25, 0.3) is 0 Å². The highest BCUT2D eigenvalue weighted by molar-refractivity contribution is 5.13. The van der Waals surface area contributed by atoms with Gasteiger partial charge < -0.3 is 20.8 Å². The summed E-state index contributed by atoms with van der Waals surface area (Å²) in [6.45, 7) is 5.14. The van der Waals surface area contributed by atoms with Crippen LogP contribution in [-0.2, 0) is 6.54 Å². The fraction of sp³-hybridized carbons (Fsp3) is 0.538. The topological polar surface area (TPSA) is 90.7 Å². The fourth-order valence-corrected chi connectivity index (χ4v) is 2.23. The maximum absolute atomic E-state index is 9.92. The number of rotatable bonds is 5. The zero-order valence-electron chi connectivity index (χ0n) is 11.1. The van der Waals surface area contributed by atoms with Crippen LogP contribution < -0.4 is 0 Å². The predicted molar refractivity (Wildman–Crippen MR) is 67.4 cm³/mol. The third-order valence-corrected chi connectivity index (χ3v) is 3.39. The van der Waals surface area contributed by atoms with E-state index in [1.165, 1.54) is 0 Å². The number of hydrogen-bond donors (Lipinski definition) is 3. The third-order valence-electron chi connectivity index (χ3n) is 3.39. The van der Waals surface area contributed by atoms with Crippen molar-refractivity contribution in [1.82, 2.24) is 0 Å². The number of aliphatic hydroxyl groups excluding tert-OH is 3. The van der Waals surface area contributed by atoms with Crippen LogP contribution in [0.1, 0.15) is 26.3 Å². The predicted octanol–water partition coefficient (Wildman–Crippen LogP) is 0.841. The smallest absolute Gasteiger partial charge is 0.191 e. The minimum atomic E-state index is -0.852. The molecule has 5 heteroatoms. The van der Waals surface area contributed by atoms with Gasteiger partial charge in [-0.25, -0.2) is 4.48 Å². The van der Waals surface area contributed by atoms with E-state index in [0.29, 0.717) is 6.54 Å². The summed E-state index contributed by atoms with van der Waals surface area (Å²) < 4.78 is -0.177. The van der Waals surface area contributed by atoms with E-state index in [1.54, 1.807) is 20.8 Å². The molecule has 18 heavy (non-hydrogen) atoms. The molecule has 0 heterocycles. The molecule has 0 amide bonds. The van der Waals surface area contributed by atoms with E-state index in [9.17, 15) is 15.3 Å². The highest BCUT2D eigenvalue weighted by Gasteiger charge is 2.42. The Morgan fingerprint density at radius 1 is 0.889 bits per heavy atom. The Kier molecular flexibility index (Phi) is 6.45. The van der Waals surface area contributed by atoms with Gasteiger partial charge in [0.25, 0.3) is 0 Å². The lowest BCUT2D eigenvalue weighted by atomic mass is 10.1. The lowest BCUT2D eigenvalue weighted by molar-refractivity contribution is -1.05. The van der Waals surface area contributed by atoms with Crippen molar-refractivity contribution in [3.8, 4) is 0 Å². The molecule has 1 rings (SSSR count). The molecule has 0 aliphatic heterocycles. The van der Waals surface area contributed by atoms with Gasteiger partial charge in [-0.1, -0.05) is 30.3 Å². The number of hydrogen-bond acceptors (Lipinski definition) is 4. The molecule has 0 aliphatic carbocycles. The summed E-state index contributed by atoms with van der Waals surface area (Å²) >= 11 is 0. The largest absolute Gasteiger partial charge is 0.870 e. The molecule has 3 unspecified atom stereocenters. The average Bonchev–Trinajstić information content (AvgIpc) is 2.25. The van der Waals surface area contributed by atoms with Gasteiger partial charge in [-0.3, -0.25) is 0 Å². The van der Waals surface area contributed by atoms with Gasteiger partial charge in [-0.15, -0.1) is 0 Å². The summed E-state index contributed by atoms with van der Waals surface area (Å²) in [6.07, 6.45) is -2.55. The first-order valence-electron chi connectivity index (χ1n) is 5.86. The van der Waals surface area contributed by atoms with Crippen molar-refractivity contribution in [1.29, 1.82) is 0 Å². The quantitative estimate of drug-likeness (QED) is 0.538. The number of nitrogens with zero attached hydrogens (tertiary/aromatic N) is 1. The van der Waals surface area contributed by atoms with Crippen LogP contribution in [0.4, 0.5) is 0 Å². The highest BCUT2D eigenvalue weighted by atomic mass is 16.4. The van der Waals surface area contributed by atoms with Crippen LogP contribution in [0.2, 0.25) is 0 Å². The molecule has 4 N–H and O–H groups in total. The maximum atomic E-state index is 9.92. The van der Waals surface area contributed by atoms with Gasteiger partial charge in [-0.2, -0.15) is 0 Å². The maximum Gasteiger partial charge on any atom is 0.191 e. The molecule has 0 aliphatic rings. The third kappa shape index (κ3) is 3.28. The molecular formula is C13H23NO4. The van der Waals surface area contributed by atoms with Crippen LogP contribution in [-0.4, -0.2) is 44.0 Å². The van der Waals surface area contributed by atoms with E-state index in [-0.39, 0.29) is 9.96 Å². The molecular weight excluding hydrogens is 234 g/mol.